The second-order valence-electron chi connectivity index (χ2n) is 5.19. The lowest BCUT2D eigenvalue weighted by Crippen LogP contribution is -1.90. The minimum atomic E-state index is 0.866. The van der Waals surface area contributed by atoms with E-state index in [0.717, 1.165) is 11.5 Å². The van der Waals surface area contributed by atoms with Crippen LogP contribution in [0.2, 0.25) is 0 Å². The predicted octanol–water partition coefficient (Wildman–Crippen LogP) is 5.76. The smallest absolute Gasteiger partial charge is 0.130 e. The molecule has 3 rings (SSSR count). The van der Waals surface area contributed by atoms with Crippen LogP contribution in [0, 0.1) is 13.8 Å². The van der Waals surface area contributed by atoms with E-state index in [1.54, 1.807) is 0 Å². The average Bonchev–Trinajstić information content (AvgIpc) is 2.53. The maximum absolute atomic E-state index is 6.05. The molecule has 0 unspecified atom stereocenters. The molecule has 0 fully saturated rings. The van der Waals surface area contributed by atoms with Gasteiger partial charge in [0.15, 0.2) is 0 Å². The van der Waals surface area contributed by atoms with Crippen LogP contribution >= 0.6 is 0 Å². The summed E-state index contributed by atoms with van der Waals surface area (Å²) in [6.45, 7) is 4.19. The van der Waals surface area contributed by atoms with Crippen LogP contribution in [0.5, 0.6) is 11.5 Å². The Hall–Kier alpha value is -2.54. The monoisotopic (exact) mass is 274 g/mol. The fourth-order valence-corrected chi connectivity index (χ4v) is 2.33. The highest BCUT2D eigenvalue weighted by atomic mass is 16.5. The zero-order valence-corrected chi connectivity index (χ0v) is 12.3. The summed E-state index contributed by atoms with van der Waals surface area (Å²) < 4.78 is 6.05. The van der Waals surface area contributed by atoms with E-state index in [9.17, 15) is 0 Å². The number of benzene rings is 3. The molecule has 0 bridgehead atoms. The molecule has 1 nitrogen and oxygen atoms in total. The third-order valence-electron chi connectivity index (χ3n) is 3.72. The standard InChI is InChI=1S/C20H18O/c1-15-8-6-13-20(16(15)2)21-19-12-7-11-18(14-19)17-9-4-3-5-10-17/h3-14H,1-2H3. The lowest BCUT2D eigenvalue weighted by atomic mass is 10.1. The van der Waals surface area contributed by atoms with Gasteiger partial charge < -0.3 is 4.74 Å². The van der Waals surface area contributed by atoms with Crippen molar-refractivity contribution in [3.05, 3.63) is 83.9 Å². The van der Waals surface area contributed by atoms with E-state index in [1.807, 2.05) is 42.5 Å². The highest BCUT2D eigenvalue weighted by molar-refractivity contribution is 5.65. The van der Waals surface area contributed by atoms with Gasteiger partial charge in [-0.05, 0) is 54.3 Å². The second kappa shape index (κ2) is 5.84. The second-order valence-corrected chi connectivity index (χ2v) is 5.19. The first kappa shape index (κ1) is 13.4. The van der Waals surface area contributed by atoms with Crippen LogP contribution in [-0.4, -0.2) is 0 Å². The molecule has 104 valence electrons. The first-order valence-electron chi connectivity index (χ1n) is 7.13. The minimum absolute atomic E-state index is 0.866. The zero-order chi connectivity index (χ0) is 14.7. The fourth-order valence-electron chi connectivity index (χ4n) is 2.33. The molecule has 0 aliphatic heterocycles. The topological polar surface area (TPSA) is 9.23 Å². The van der Waals surface area contributed by atoms with Gasteiger partial charge in [-0.3, -0.25) is 0 Å². The molecule has 0 aromatic heterocycles. The van der Waals surface area contributed by atoms with Crippen molar-refractivity contribution in [2.75, 3.05) is 0 Å². The normalized spacial score (nSPS) is 10.4. The summed E-state index contributed by atoms with van der Waals surface area (Å²) in [5.74, 6) is 1.78. The molecule has 0 amide bonds. The van der Waals surface area contributed by atoms with E-state index >= 15 is 0 Å². The van der Waals surface area contributed by atoms with Gasteiger partial charge in [0.1, 0.15) is 11.5 Å². The van der Waals surface area contributed by atoms with Crippen LogP contribution in [0.1, 0.15) is 11.1 Å². The van der Waals surface area contributed by atoms with Crippen molar-refractivity contribution in [2.45, 2.75) is 13.8 Å². The molecule has 3 aromatic rings. The summed E-state index contributed by atoms with van der Waals surface area (Å²) in [5.41, 5.74) is 4.79. The van der Waals surface area contributed by atoms with Crippen LogP contribution in [0.15, 0.2) is 72.8 Å². The van der Waals surface area contributed by atoms with Crippen molar-refractivity contribution >= 4 is 0 Å². The van der Waals surface area contributed by atoms with Crippen LogP contribution in [0.3, 0.4) is 0 Å². The molecule has 0 N–H and O–H groups in total. The van der Waals surface area contributed by atoms with Crippen molar-refractivity contribution in [1.29, 1.82) is 0 Å². The molecule has 3 aromatic carbocycles. The Morgan fingerprint density at radius 1 is 0.667 bits per heavy atom. The molecule has 0 aliphatic rings. The molecule has 0 spiro atoms. The zero-order valence-electron chi connectivity index (χ0n) is 12.3. The third-order valence-corrected chi connectivity index (χ3v) is 3.72. The largest absolute Gasteiger partial charge is 0.457 e. The Bertz CT molecular complexity index is 745. The van der Waals surface area contributed by atoms with Gasteiger partial charge >= 0.3 is 0 Å². The van der Waals surface area contributed by atoms with Crippen molar-refractivity contribution in [3.63, 3.8) is 0 Å². The van der Waals surface area contributed by atoms with Gasteiger partial charge in [0.05, 0.1) is 0 Å². The Morgan fingerprint density at radius 2 is 1.38 bits per heavy atom. The first-order chi connectivity index (χ1) is 10.2. The molecule has 0 atom stereocenters. The predicted molar refractivity (Wildman–Crippen MR) is 87.9 cm³/mol. The highest BCUT2D eigenvalue weighted by Crippen LogP contribution is 2.29. The Morgan fingerprint density at radius 3 is 2.19 bits per heavy atom. The molecule has 0 saturated heterocycles. The summed E-state index contributed by atoms with van der Waals surface area (Å²) >= 11 is 0. The number of hydrogen-bond donors (Lipinski definition) is 0. The van der Waals surface area contributed by atoms with Gasteiger partial charge in [-0.15, -0.1) is 0 Å². The minimum Gasteiger partial charge on any atom is -0.457 e. The summed E-state index contributed by atoms with van der Waals surface area (Å²) in [7, 11) is 0. The van der Waals surface area contributed by atoms with Crippen LogP contribution < -0.4 is 4.74 Å². The maximum atomic E-state index is 6.05. The van der Waals surface area contributed by atoms with E-state index in [4.69, 9.17) is 4.74 Å². The van der Waals surface area contributed by atoms with Gasteiger partial charge in [-0.2, -0.15) is 0 Å². The SMILES string of the molecule is Cc1cccc(Oc2cccc(-c3ccccc3)c2)c1C. The lowest BCUT2D eigenvalue weighted by molar-refractivity contribution is 0.478. The van der Waals surface area contributed by atoms with Crippen LogP contribution in [-0.2, 0) is 0 Å². The molecular formula is C20H18O. The molecule has 0 radical (unpaired) electrons. The first-order valence-corrected chi connectivity index (χ1v) is 7.13. The van der Waals surface area contributed by atoms with Gasteiger partial charge in [-0.1, -0.05) is 54.6 Å². The van der Waals surface area contributed by atoms with Crippen molar-refractivity contribution in [2.24, 2.45) is 0 Å². The van der Waals surface area contributed by atoms with Crippen molar-refractivity contribution in [1.82, 2.24) is 0 Å². The van der Waals surface area contributed by atoms with Gasteiger partial charge in [0.25, 0.3) is 0 Å². The maximum Gasteiger partial charge on any atom is 0.130 e. The lowest BCUT2D eigenvalue weighted by Gasteiger charge is -2.11. The molecule has 0 heterocycles. The molecule has 1 heteroatoms. The number of aryl methyl sites for hydroxylation is 1. The van der Waals surface area contributed by atoms with Gasteiger partial charge in [-0.25, -0.2) is 0 Å². The molecular weight excluding hydrogens is 256 g/mol. The van der Waals surface area contributed by atoms with Crippen molar-refractivity contribution in [3.8, 4) is 22.6 Å². The van der Waals surface area contributed by atoms with Crippen LogP contribution in [0.4, 0.5) is 0 Å². The Labute approximate surface area is 125 Å². The number of hydrogen-bond acceptors (Lipinski definition) is 1. The number of rotatable bonds is 3. The fraction of sp³-hybridized carbons (Fsp3) is 0.100. The quantitative estimate of drug-likeness (QED) is 0.589. The Balaban J connectivity index is 1.92. The summed E-state index contributed by atoms with van der Waals surface area (Å²) in [6.07, 6.45) is 0. The summed E-state index contributed by atoms with van der Waals surface area (Å²) in [6, 6.07) is 24.7. The van der Waals surface area contributed by atoms with E-state index in [1.165, 1.54) is 22.3 Å². The highest BCUT2D eigenvalue weighted by Gasteiger charge is 2.04. The van der Waals surface area contributed by atoms with E-state index in [-0.39, 0.29) is 0 Å². The van der Waals surface area contributed by atoms with E-state index in [2.05, 4.69) is 44.2 Å². The third kappa shape index (κ3) is 2.97. The average molecular weight is 274 g/mol. The van der Waals surface area contributed by atoms with Gasteiger partial charge in [0, 0.05) is 0 Å². The van der Waals surface area contributed by atoms with Crippen molar-refractivity contribution < 1.29 is 4.74 Å². The summed E-state index contributed by atoms with van der Waals surface area (Å²) in [4.78, 5) is 0. The Kier molecular flexibility index (Phi) is 3.74. The van der Waals surface area contributed by atoms with Crippen LogP contribution in [0.25, 0.3) is 11.1 Å². The molecule has 21 heavy (non-hydrogen) atoms. The summed E-state index contributed by atoms with van der Waals surface area (Å²) in [5, 5.41) is 0. The van der Waals surface area contributed by atoms with E-state index < -0.39 is 0 Å². The molecule has 0 aliphatic carbocycles. The van der Waals surface area contributed by atoms with E-state index in [0.29, 0.717) is 0 Å². The van der Waals surface area contributed by atoms with Gasteiger partial charge in [0.2, 0.25) is 0 Å². The number of ether oxygens (including phenoxy) is 1. The molecule has 0 saturated carbocycles.